The molecule has 4 nitrogen and oxygen atoms in total. The zero-order valence-corrected chi connectivity index (χ0v) is 11.8. The Bertz CT molecular complexity index is 546. The minimum atomic E-state index is -0.0355. The van der Waals surface area contributed by atoms with Crippen molar-refractivity contribution in [2.24, 2.45) is 5.73 Å². The maximum absolute atomic E-state index is 5.97. The van der Waals surface area contributed by atoms with Gasteiger partial charge in [0.25, 0.3) is 0 Å². The van der Waals surface area contributed by atoms with Crippen LogP contribution in [-0.4, -0.2) is 9.55 Å². The monoisotopic (exact) mass is 259 g/mol. The van der Waals surface area contributed by atoms with Gasteiger partial charge in [-0.25, -0.2) is 4.98 Å². The maximum Gasteiger partial charge on any atom is 0.130 e. The third kappa shape index (κ3) is 3.15. The van der Waals surface area contributed by atoms with Crippen molar-refractivity contribution in [3.05, 3.63) is 47.5 Å². The summed E-state index contributed by atoms with van der Waals surface area (Å²) >= 11 is 0. The van der Waals surface area contributed by atoms with E-state index in [-0.39, 0.29) is 6.04 Å². The molecule has 0 spiro atoms. The quantitative estimate of drug-likeness (QED) is 0.898. The van der Waals surface area contributed by atoms with Gasteiger partial charge in [-0.3, -0.25) is 0 Å². The second-order valence-electron chi connectivity index (χ2n) is 4.79. The van der Waals surface area contributed by atoms with Gasteiger partial charge in [0.2, 0.25) is 0 Å². The van der Waals surface area contributed by atoms with Gasteiger partial charge in [-0.15, -0.1) is 0 Å². The standard InChI is InChI=1S/C15H21N3O/c1-4-18-10-17-8-13(18)9-19-15-7-11(2)5-6-14(15)12(3)16/h5-8,10,12H,4,9,16H2,1-3H3. The summed E-state index contributed by atoms with van der Waals surface area (Å²) in [6.45, 7) is 7.51. The first kappa shape index (κ1) is 13.6. The third-order valence-electron chi connectivity index (χ3n) is 3.17. The smallest absolute Gasteiger partial charge is 0.130 e. The predicted octanol–water partition coefficient (Wildman–Crippen LogP) is 2.81. The Morgan fingerprint density at radius 3 is 2.89 bits per heavy atom. The minimum Gasteiger partial charge on any atom is -0.487 e. The van der Waals surface area contributed by atoms with Gasteiger partial charge in [0.15, 0.2) is 0 Å². The Balaban J connectivity index is 2.17. The van der Waals surface area contributed by atoms with Crippen molar-refractivity contribution in [3.63, 3.8) is 0 Å². The van der Waals surface area contributed by atoms with Crippen LogP contribution in [-0.2, 0) is 13.2 Å². The summed E-state index contributed by atoms with van der Waals surface area (Å²) in [5.74, 6) is 0.860. The van der Waals surface area contributed by atoms with E-state index in [2.05, 4.69) is 22.5 Å². The molecule has 0 amide bonds. The molecule has 19 heavy (non-hydrogen) atoms. The lowest BCUT2D eigenvalue weighted by atomic mass is 10.1. The molecule has 1 atom stereocenters. The zero-order chi connectivity index (χ0) is 13.8. The fourth-order valence-electron chi connectivity index (χ4n) is 2.05. The molecule has 1 aromatic heterocycles. The van der Waals surface area contributed by atoms with E-state index in [1.807, 2.05) is 38.5 Å². The van der Waals surface area contributed by atoms with E-state index >= 15 is 0 Å². The molecule has 1 aromatic carbocycles. The Morgan fingerprint density at radius 2 is 2.21 bits per heavy atom. The summed E-state index contributed by atoms with van der Waals surface area (Å²) in [4.78, 5) is 4.14. The molecular formula is C15H21N3O. The van der Waals surface area contributed by atoms with Crippen LogP contribution in [0.25, 0.3) is 0 Å². The molecule has 0 saturated heterocycles. The van der Waals surface area contributed by atoms with Gasteiger partial charge in [0.1, 0.15) is 12.4 Å². The summed E-state index contributed by atoms with van der Waals surface area (Å²) in [5, 5.41) is 0. The minimum absolute atomic E-state index is 0.0355. The van der Waals surface area contributed by atoms with E-state index in [1.165, 1.54) is 5.56 Å². The lowest BCUT2D eigenvalue weighted by Crippen LogP contribution is -2.09. The Morgan fingerprint density at radius 1 is 1.42 bits per heavy atom. The van der Waals surface area contributed by atoms with Crippen molar-refractivity contribution in [2.75, 3.05) is 0 Å². The molecule has 2 N–H and O–H groups in total. The molecule has 1 heterocycles. The maximum atomic E-state index is 5.97. The van der Waals surface area contributed by atoms with Crippen LogP contribution in [0.5, 0.6) is 5.75 Å². The summed E-state index contributed by atoms with van der Waals surface area (Å²) in [7, 11) is 0. The van der Waals surface area contributed by atoms with Crippen LogP contribution >= 0.6 is 0 Å². The van der Waals surface area contributed by atoms with Crippen LogP contribution < -0.4 is 10.5 Å². The highest BCUT2D eigenvalue weighted by Gasteiger charge is 2.09. The van der Waals surface area contributed by atoms with E-state index < -0.39 is 0 Å². The van der Waals surface area contributed by atoms with Gasteiger partial charge in [-0.1, -0.05) is 12.1 Å². The van der Waals surface area contributed by atoms with Crippen molar-refractivity contribution in [1.82, 2.24) is 9.55 Å². The molecule has 0 radical (unpaired) electrons. The van der Waals surface area contributed by atoms with Gasteiger partial charge >= 0.3 is 0 Å². The highest BCUT2D eigenvalue weighted by Crippen LogP contribution is 2.25. The van der Waals surface area contributed by atoms with E-state index in [0.717, 1.165) is 23.6 Å². The van der Waals surface area contributed by atoms with E-state index in [9.17, 15) is 0 Å². The van der Waals surface area contributed by atoms with E-state index in [0.29, 0.717) is 6.61 Å². The van der Waals surface area contributed by atoms with Gasteiger partial charge in [0.05, 0.1) is 18.2 Å². The van der Waals surface area contributed by atoms with Crippen LogP contribution in [0.3, 0.4) is 0 Å². The van der Waals surface area contributed by atoms with Gasteiger partial charge in [0, 0.05) is 18.2 Å². The number of rotatable bonds is 5. The lowest BCUT2D eigenvalue weighted by molar-refractivity contribution is 0.291. The molecule has 0 aliphatic heterocycles. The molecule has 0 aliphatic carbocycles. The van der Waals surface area contributed by atoms with E-state index in [1.54, 1.807) is 0 Å². The molecule has 2 rings (SSSR count). The highest BCUT2D eigenvalue weighted by atomic mass is 16.5. The number of nitrogens with two attached hydrogens (primary N) is 1. The number of aryl methyl sites for hydroxylation is 2. The van der Waals surface area contributed by atoms with Gasteiger partial charge in [-0.05, 0) is 32.4 Å². The first-order valence-electron chi connectivity index (χ1n) is 6.59. The summed E-state index contributed by atoms with van der Waals surface area (Å²) in [6, 6.07) is 6.09. The van der Waals surface area contributed by atoms with Gasteiger partial charge < -0.3 is 15.0 Å². The largest absolute Gasteiger partial charge is 0.487 e. The molecule has 0 saturated carbocycles. The first-order chi connectivity index (χ1) is 9.11. The number of ether oxygens (including phenoxy) is 1. The number of nitrogens with zero attached hydrogens (tertiary/aromatic N) is 2. The number of aromatic nitrogens is 2. The number of benzene rings is 1. The second kappa shape index (κ2) is 5.89. The summed E-state index contributed by atoms with van der Waals surface area (Å²) in [6.07, 6.45) is 3.66. The normalized spacial score (nSPS) is 12.4. The first-order valence-corrected chi connectivity index (χ1v) is 6.59. The van der Waals surface area contributed by atoms with Crippen LogP contribution in [0.4, 0.5) is 0 Å². The molecule has 0 aliphatic rings. The van der Waals surface area contributed by atoms with Crippen molar-refractivity contribution >= 4 is 0 Å². The van der Waals surface area contributed by atoms with Crippen LogP contribution in [0.2, 0.25) is 0 Å². The fourth-order valence-corrected chi connectivity index (χ4v) is 2.05. The molecular weight excluding hydrogens is 238 g/mol. The Hall–Kier alpha value is -1.81. The average Bonchev–Trinajstić information content (AvgIpc) is 2.83. The molecule has 0 bridgehead atoms. The fraction of sp³-hybridized carbons (Fsp3) is 0.400. The van der Waals surface area contributed by atoms with Crippen LogP contribution in [0.1, 0.15) is 36.7 Å². The molecule has 0 fully saturated rings. The topological polar surface area (TPSA) is 53.1 Å². The van der Waals surface area contributed by atoms with Crippen molar-refractivity contribution in [1.29, 1.82) is 0 Å². The third-order valence-corrected chi connectivity index (χ3v) is 3.17. The SMILES string of the molecule is CCn1cncc1COc1cc(C)ccc1C(C)N. The molecule has 1 unspecified atom stereocenters. The zero-order valence-electron chi connectivity index (χ0n) is 11.8. The Kier molecular flexibility index (Phi) is 4.22. The van der Waals surface area contributed by atoms with Gasteiger partial charge in [-0.2, -0.15) is 0 Å². The molecule has 2 aromatic rings. The predicted molar refractivity (Wildman–Crippen MR) is 76.0 cm³/mol. The van der Waals surface area contributed by atoms with Crippen molar-refractivity contribution < 1.29 is 4.74 Å². The lowest BCUT2D eigenvalue weighted by Gasteiger charge is -2.15. The second-order valence-corrected chi connectivity index (χ2v) is 4.79. The number of imidazole rings is 1. The highest BCUT2D eigenvalue weighted by molar-refractivity contribution is 5.39. The molecule has 102 valence electrons. The average molecular weight is 259 g/mol. The van der Waals surface area contributed by atoms with E-state index in [4.69, 9.17) is 10.5 Å². The summed E-state index contributed by atoms with van der Waals surface area (Å²) in [5.41, 5.74) is 9.25. The Labute approximate surface area is 114 Å². The number of hydrogen-bond donors (Lipinski definition) is 1. The van der Waals surface area contributed by atoms with Crippen LogP contribution in [0.15, 0.2) is 30.7 Å². The van der Waals surface area contributed by atoms with Crippen molar-refractivity contribution in [2.45, 2.75) is 40.0 Å². The summed E-state index contributed by atoms with van der Waals surface area (Å²) < 4.78 is 8.00. The molecule has 4 heteroatoms. The number of hydrogen-bond acceptors (Lipinski definition) is 3. The van der Waals surface area contributed by atoms with Crippen molar-refractivity contribution in [3.8, 4) is 5.75 Å². The van der Waals surface area contributed by atoms with Crippen LogP contribution in [0, 0.1) is 6.92 Å².